The summed E-state index contributed by atoms with van der Waals surface area (Å²) in [6, 6.07) is 11.4. The van der Waals surface area contributed by atoms with E-state index in [9.17, 15) is 9.18 Å². The van der Waals surface area contributed by atoms with E-state index >= 15 is 0 Å². The van der Waals surface area contributed by atoms with Gasteiger partial charge in [0.15, 0.2) is 0 Å². The third kappa shape index (κ3) is 3.56. The average molecular weight is 312 g/mol. The first-order chi connectivity index (χ1) is 11.1. The van der Waals surface area contributed by atoms with Crippen LogP contribution in [-0.2, 0) is 0 Å². The summed E-state index contributed by atoms with van der Waals surface area (Å²) in [5, 5.41) is 8.96. The SMILES string of the molecule is O=C(O)c1cccc(N=Cc2ccc(N3CCCC3)c(F)c2)c1. The minimum atomic E-state index is -0.997. The molecule has 5 heteroatoms. The van der Waals surface area contributed by atoms with Gasteiger partial charge in [0.25, 0.3) is 0 Å². The number of rotatable bonds is 4. The summed E-state index contributed by atoms with van der Waals surface area (Å²) in [4.78, 5) is 17.2. The Bertz CT molecular complexity index is 752. The predicted molar refractivity (Wildman–Crippen MR) is 88.5 cm³/mol. The number of carboxylic acid groups (broad SMARTS) is 1. The maximum absolute atomic E-state index is 14.2. The van der Waals surface area contributed by atoms with Gasteiger partial charge in [-0.15, -0.1) is 0 Å². The Kier molecular flexibility index (Phi) is 4.37. The number of benzene rings is 2. The van der Waals surface area contributed by atoms with Gasteiger partial charge in [-0.25, -0.2) is 9.18 Å². The molecule has 0 aliphatic carbocycles. The molecule has 0 radical (unpaired) electrons. The number of aromatic carboxylic acids is 1. The molecule has 0 unspecified atom stereocenters. The van der Waals surface area contributed by atoms with Crippen LogP contribution in [0.5, 0.6) is 0 Å². The fraction of sp³-hybridized carbons (Fsp3) is 0.222. The smallest absolute Gasteiger partial charge is 0.335 e. The lowest BCUT2D eigenvalue weighted by Crippen LogP contribution is -2.18. The summed E-state index contributed by atoms with van der Waals surface area (Å²) in [7, 11) is 0. The molecule has 0 bridgehead atoms. The molecule has 23 heavy (non-hydrogen) atoms. The van der Waals surface area contributed by atoms with Crippen LogP contribution in [0.15, 0.2) is 47.5 Å². The van der Waals surface area contributed by atoms with Crippen molar-refractivity contribution in [2.45, 2.75) is 12.8 Å². The van der Waals surface area contributed by atoms with Crippen LogP contribution in [-0.4, -0.2) is 30.4 Å². The minimum absolute atomic E-state index is 0.176. The lowest BCUT2D eigenvalue weighted by Gasteiger charge is -2.18. The van der Waals surface area contributed by atoms with Gasteiger partial charge in [0.1, 0.15) is 5.82 Å². The van der Waals surface area contributed by atoms with Crippen LogP contribution < -0.4 is 4.90 Å². The second-order valence-electron chi connectivity index (χ2n) is 5.52. The minimum Gasteiger partial charge on any atom is -0.478 e. The van der Waals surface area contributed by atoms with Crippen LogP contribution in [0.2, 0.25) is 0 Å². The lowest BCUT2D eigenvalue weighted by atomic mass is 10.2. The average Bonchev–Trinajstić information content (AvgIpc) is 3.07. The maximum Gasteiger partial charge on any atom is 0.335 e. The Labute approximate surface area is 133 Å². The van der Waals surface area contributed by atoms with E-state index in [1.807, 2.05) is 11.0 Å². The molecule has 0 spiro atoms. The molecule has 3 rings (SSSR count). The molecule has 1 N–H and O–H groups in total. The molecule has 1 aliphatic rings. The van der Waals surface area contributed by atoms with Gasteiger partial charge in [-0.05, 0) is 48.7 Å². The van der Waals surface area contributed by atoms with Gasteiger partial charge in [0.05, 0.1) is 16.9 Å². The van der Waals surface area contributed by atoms with Crippen molar-refractivity contribution in [1.29, 1.82) is 0 Å². The molecule has 0 amide bonds. The molecular formula is C18H17FN2O2. The summed E-state index contributed by atoms with van der Waals surface area (Å²) >= 11 is 0. The van der Waals surface area contributed by atoms with Gasteiger partial charge < -0.3 is 10.0 Å². The second kappa shape index (κ2) is 6.60. The second-order valence-corrected chi connectivity index (χ2v) is 5.52. The van der Waals surface area contributed by atoms with Crippen LogP contribution in [0, 0.1) is 5.82 Å². The van der Waals surface area contributed by atoms with Crippen LogP contribution in [0.4, 0.5) is 15.8 Å². The molecule has 0 aromatic heterocycles. The van der Waals surface area contributed by atoms with Crippen LogP contribution in [0.3, 0.4) is 0 Å². The van der Waals surface area contributed by atoms with Crippen molar-refractivity contribution in [3.8, 4) is 0 Å². The highest BCUT2D eigenvalue weighted by molar-refractivity contribution is 5.89. The zero-order valence-electron chi connectivity index (χ0n) is 12.6. The van der Waals surface area contributed by atoms with E-state index in [1.165, 1.54) is 24.4 Å². The number of carboxylic acids is 1. The monoisotopic (exact) mass is 312 g/mol. The zero-order chi connectivity index (χ0) is 16.2. The largest absolute Gasteiger partial charge is 0.478 e. The van der Waals surface area contributed by atoms with Crippen molar-refractivity contribution in [3.63, 3.8) is 0 Å². The van der Waals surface area contributed by atoms with Gasteiger partial charge in [0, 0.05) is 19.3 Å². The summed E-state index contributed by atoms with van der Waals surface area (Å²) in [5.41, 5.74) is 1.97. The highest BCUT2D eigenvalue weighted by Crippen LogP contribution is 2.24. The van der Waals surface area contributed by atoms with E-state index in [-0.39, 0.29) is 11.4 Å². The first-order valence-corrected chi connectivity index (χ1v) is 7.55. The molecule has 1 fully saturated rings. The fourth-order valence-corrected chi connectivity index (χ4v) is 2.69. The van der Waals surface area contributed by atoms with Crippen molar-refractivity contribution >= 4 is 23.6 Å². The van der Waals surface area contributed by atoms with Crippen molar-refractivity contribution in [3.05, 3.63) is 59.4 Å². The molecule has 4 nitrogen and oxygen atoms in total. The van der Waals surface area contributed by atoms with Gasteiger partial charge in [0.2, 0.25) is 0 Å². The van der Waals surface area contributed by atoms with E-state index < -0.39 is 5.97 Å². The fourth-order valence-electron chi connectivity index (χ4n) is 2.69. The Morgan fingerprint density at radius 2 is 1.96 bits per heavy atom. The van der Waals surface area contributed by atoms with E-state index in [1.54, 1.807) is 18.2 Å². The van der Waals surface area contributed by atoms with Crippen molar-refractivity contribution in [2.75, 3.05) is 18.0 Å². The Balaban J connectivity index is 1.78. The molecule has 118 valence electrons. The molecular weight excluding hydrogens is 295 g/mol. The van der Waals surface area contributed by atoms with Crippen LogP contribution >= 0.6 is 0 Å². The quantitative estimate of drug-likeness (QED) is 0.872. The van der Waals surface area contributed by atoms with Gasteiger partial charge in [-0.3, -0.25) is 4.99 Å². The summed E-state index contributed by atoms with van der Waals surface area (Å²) < 4.78 is 14.2. The Hall–Kier alpha value is -2.69. The molecule has 2 aromatic carbocycles. The third-order valence-electron chi connectivity index (χ3n) is 3.87. The highest BCUT2D eigenvalue weighted by Gasteiger charge is 2.15. The van der Waals surface area contributed by atoms with E-state index in [4.69, 9.17) is 5.11 Å². The van der Waals surface area contributed by atoms with Crippen molar-refractivity contribution in [2.24, 2.45) is 4.99 Å². The number of aliphatic imine (C=N–C) groups is 1. The van der Waals surface area contributed by atoms with E-state index in [2.05, 4.69) is 4.99 Å². The predicted octanol–water partition coefficient (Wildman–Crippen LogP) is 3.87. The van der Waals surface area contributed by atoms with Gasteiger partial charge in [-0.2, -0.15) is 0 Å². The van der Waals surface area contributed by atoms with Gasteiger partial charge in [-0.1, -0.05) is 12.1 Å². The summed E-state index contributed by atoms with van der Waals surface area (Å²) in [6.45, 7) is 1.79. The zero-order valence-corrected chi connectivity index (χ0v) is 12.6. The summed E-state index contributed by atoms with van der Waals surface area (Å²) in [5.74, 6) is -1.25. The number of carbonyl (C=O) groups is 1. The maximum atomic E-state index is 14.2. The molecule has 1 aliphatic heterocycles. The number of anilines is 1. The van der Waals surface area contributed by atoms with Crippen LogP contribution in [0.1, 0.15) is 28.8 Å². The van der Waals surface area contributed by atoms with Crippen molar-refractivity contribution < 1.29 is 14.3 Å². The standard InChI is InChI=1S/C18H17FN2O2/c19-16-10-13(6-7-17(16)21-8-1-2-9-21)12-20-15-5-3-4-14(11-15)18(22)23/h3-7,10-12H,1-2,8-9H2,(H,22,23). The topological polar surface area (TPSA) is 52.9 Å². The normalized spacial score (nSPS) is 14.6. The van der Waals surface area contributed by atoms with Gasteiger partial charge >= 0.3 is 5.97 Å². The third-order valence-corrected chi connectivity index (χ3v) is 3.87. The lowest BCUT2D eigenvalue weighted by molar-refractivity contribution is 0.0697. The van der Waals surface area contributed by atoms with E-state index in [0.717, 1.165) is 25.9 Å². The molecule has 0 saturated carbocycles. The molecule has 0 atom stereocenters. The first-order valence-electron chi connectivity index (χ1n) is 7.55. The molecule has 1 heterocycles. The molecule has 2 aromatic rings. The van der Waals surface area contributed by atoms with Crippen LogP contribution in [0.25, 0.3) is 0 Å². The number of nitrogens with zero attached hydrogens (tertiary/aromatic N) is 2. The Morgan fingerprint density at radius 1 is 1.17 bits per heavy atom. The molecule has 1 saturated heterocycles. The Morgan fingerprint density at radius 3 is 2.65 bits per heavy atom. The first kappa shape index (κ1) is 15.2. The summed E-state index contributed by atoms with van der Waals surface area (Å²) in [6.07, 6.45) is 3.74. The van der Waals surface area contributed by atoms with Crippen molar-refractivity contribution in [1.82, 2.24) is 0 Å². The number of hydrogen-bond donors (Lipinski definition) is 1. The highest BCUT2D eigenvalue weighted by atomic mass is 19.1. The number of halogens is 1. The van der Waals surface area contributed by atoms with E-state index in [0.29, 0.717) is 16.9 Å². The number of hydrogen-bond acceptors (Lipinski definition) is 3.